The molecule has 0 saturated carbocycles. The summed E-state index contributed by atoms with van der Waals surface area (Å²) >= 11 is 0. The summed E-state index contributed by atoms with van der Waals surface area (Å²) in [6.07, 6.45) is 0.592. The van der Waals surface area contributed by atoms with Gasteiger partial charge in [0.2, 0.25) is 10.0 Å². The van der Waals surface area contributed by atoms with Gasteiger partial charge in [0.1, 0.15) is 4.90 Å². The van der Waals surface area contributed by atoms with Crippen LogP contribution < -0.4 is 10.5 Å². The van der Waals surface area contributed by atoms with Crippen molar-refractivity contribution in [2.75, 3.05) is 39.2 Å². The number of methoxy groups -OCH3 is 1. The van der Waals surface area contributed by atoms with Crippen LogP contribution in [0.5, 0.6) is 0 Å². The molecule has 0 amide bonds. The van der Waals surface area contributed by atoms with Crippen molar-refractivity contribution >= 4 is 15.7 Å². The van der Waals surface area contributed by atoms with Crippen molar-refractivity contribution in [3.8, 4) is 0 Å². The molecule has 3 N–H and O–H groups in total. The number of nitrogens with one attached hydrogen (secondary N) is 1. The molecular formula is C13H22N2O4S. The summed E-state index contributed by atoms with van der Waals surface area (Å²) in [7, 11) is -1.96. The number of hydrogen-bond donors (Lipinski definition) is 2. The van der Waals surface area contributed by atoms with Crippen molar-refractivity contribution in [3.05, 3.63) is 23.8 Å². The highest BCUT2D eigenvalue weighted by atomic mass is 32.2. The molecule has 0 spiro atoms. The first-order valence-corrected chi connectivity index (χ1v) is 7.88. The minimum absolute atomic E-state index is 0.114. The van der Waals surface area contributed by atoms with Gasteiger partial charge in [-0.3, -0.25) is 0 Å². The van der Waals surface area contributed by atoms with Crippen LogP contribution in [-0.2, 0) is 19.5 Å². The zero-order valence-corrected chi connectivity index (χ0v) is 12.7. The number of aryl methyl sites for hydroxylation is 1. The van der Waals surface area contributed by atoms with E-state index in [0.717, 1.165) is 5.56 Å². The van der Waals surface area contributed by atoms with E-state index in [4.69, 9.17) is 15.2 Å². The molecule has 0 aromatic heterocycles. The fraction of sp³-hybridized carbons (Fsp3) is 0.538. The summed E-state index contributed by atoms with van der Waals surface area (Å²) in [6.45, 7) is 3.69. The third-order valence-corrected chi connectivity index (χ3v) is 4.18. The van der Waals surface area contributed by atoms with E-state index in [-0.39, 0.29) is 10.6 Å². The maximum absolute atomic E-state index is 12.0. The van der Waals surface area contributed by atoms with Crippen LogP contribution in [0.2, 0.25) is 0 Å². The first kappa shape index (κ1) is 16.9. The summed E-state index contributed by atoms with van der Waals surface area (Å²) in [5.74, 6) is 0. The second kappa shape index (κ2) is 8.21. The van der Waals surface area contributed by atoms with E-state index >= 15 is 0 Å². The number of nitrogen functional groups attached to an aromatic ring is 1. The molecule has 20 heavy (non-hydrogen) atoms. The highest BCUT2D eigenvalue weighted by molar-refractivity contribution is 7.89. The van der Waals surface area contributed by atoms with Crippen molar-refractivity contribution < 1.29 is 17.9 Å². The van der Waals surface area contributed by atoms with Crippen LogP contribution in [0.3, 0.4) is 0 Å². The van der Waals surface area contributed by atoms with E-state index in [1.165, 1.54) is 6.07 Å². The lowest BCUT2D eigenvalue weighted by Gasteiger charge is -2.10. The number of sulfonamides is 1. The van der Waals surface area contributed by atoms with Gasteiger partial charge in [-0.05, 0) is 31.0 Å². The van der Waals surface area contributed by atoms with Gasteiger partial charge in [0.25, 0.3) is 0 Å². The lowest BCUT2D eigenvalue weighted by molar-refractivity contribution is 0.0699. The molecule has 114 valence electrons. The van der Waals surface area contributed by atoms with Crippen LogP contribution >= 0.6 is 0 Å². The summed E-state index contributed by atoms with van der Waals surface area (Å²) in [4.78, 5) is 0.114. The van der Waals surface area contributed by atoms with Gasteiger partial charge in [0.15, 0.2) is 0 Å². The lowest BCUT2D eigenvalue weighted by Crippen LogP contribution is -2.26. The van der Waals surface area contributed by atoms with Crippen molar-refractivity contribution in [1.82, 2.24) is 4.72 Å². The first-order valence-electron chi connectivity index (χ1n) is 6.40. The van der Waals surface area contributed by atoms with Crippen molar-refractivity contribution in [3.63, 3.8) is 0 Å². The minimum atomic E-state index is -3.56. The zero-order valence-electron chi connectivity index (χ0n) is 11.9. The summed E-state index contributed by atoms with van der Waals surface area (Å²) in [5.41, 5.74) is 6.92. The van der Waals surface area contributed by atoms with Gasteiger partial charge < -0.3 is 15.2 Å². The van der Waals surface area contributed by atoms with Crippen LogP contribution in [0.15, 0.2) is 23.1 Å². The van der Waals surface area contributed by atoms with Gasteiger partial charge in [0, 0.05) is 20.3 Å². The van der Waals surface area contributed by atoms with Crippen molar-refractivity contribution in [2.45, 2.75) is 18.2 Å². The SMILES string of the molecule is COCCOCCCNS(=O)(=O)c1ccc(C)cc1N. The number of anilines is 1. The number of benzene rings is 1. The molecule has 0 heterocycles. The topological polar surface area (TPSA) is 90.6 Å². The Kier molecular flexibility index (Phi) is 6.94. The number of nitrogens with two attached hydrogens (primary N) is 1. The molecule has 0 radical (unpaired) electrons. The second-order valence-electron chi connectivity index (χ2n) is 4.40. The van der Waals surface area contributed by atoms with Crippen LogP contribution in [0.4, 0.5) is 5.69 Å². The number of rotatable bonds is 9. The predicted octanol–water partition coefficient (Wildman–Crippen LogP) is 0.909. The van der Waals surface area contributed by atoms with Crippen LogP contribution in [-0.4, -0.2) is 41.9 Å². The third kappa shape index (κ3) is 5.46. The molecule has 0 unspecified atom stereocenters. The first-order chi connectivity index (χ1) is 9.47. The second-order valence-corrected chi connectivity index (χ2v) is 6.13. The van der Waals surface area contributed by atoms with Crippen LogP contribution in [0, 0.1) is 6.92 Å². The smallest absolute Gasteiger partial charge is 0.242 e. The fourth-order valence-corrected chi connectivity index (χ4v) is 2.80. The lowest BCUT2D eigenvalue weighted by atomic mass is 10.2. The van der Waals surface area contributed by atoms with Crippen LogP contribution in [0.25, 0.3) is 0 Å². The van der Waals surface area contributed by atoms with Crippen molar-refractivity contribution in [2.24, 2.45) is 0 Å². The maximum Gasteiger partial charge on any atom is 0.242 e. The van der Waals surface area contributed by atoms with Gasteiger partial charge in [0.05, 0.1) is 18.9 Å². The van der Waals surface area contributed by atoms with Gasteiger partial charge in [-0.25, -0.2) is 13.1 Å². The summed E-state index contributed by atoms with van der Waals surface area (Å²) in [5, 5.41) is 0. The molecule has 1 rings (SSSR count). The Morgan fingerprint density at radius 3 is 2.65 bits per heavy atom. The van der Waals surface area contributed by atoms with E-state index < -0.39 is 10.0 Å². The molecule has 0 aliphatic rings. The van der Waals surface area contributed by atoms with Gasteiger partial charge in [-0.1, -0.05) is 6.07 Å². The highest BCUT2D eigenvalue weighted by Gasteiger charge is 2.16. The molecule has 0 fully saturated rings. The van der Waals surface area contributed by atoms with Gasteiger partial charge >= 0.3 is 0 Å². The fourth-order valence-electron chi connectivity index (χ4n) is 1.62. The van der Waals surface area contributed by atoms with E-state index in [0.29, 0.717) is 32.8 Å². The molecule has 0 aliphatic carbocycles. The Balaban J connectivity index is 2.42. The summed E-state index contributed by atoms with van der Waals surface area (Å²) in [6, 6.07) is 4.88. The quantitative estimate of drug-likeness (QED) is 0.522. The maximum atomic E-state index is 12.0. The highest BCUT2D eigenvalue weighted by Crippen LogP contribution is 2.18. The largest absolute Gasteiger partial charge is 0.398 e. The van der Waals surface area contributed by atoms with Crippen LogP contribution in [0.1, 0.15) is 12.0 Å². The Bertz CT molecular complexity index is 517. The normalized spacial score (nSPS) is 11.7. The third-order valence-electron chi connectivity index (χ3n) is 2.64. The van der Waals surface area contributed by atoms with E-state index in [9.17, 15) is 8.42 Å². The molecule has 6 nitrogen and oxygen atoms in total. The molecule has 7 heteroatoms. The molecule has 0 aliphatic heterocycles. The average Bonchev–Trinajstić information content (AvgIpc) is 2.37. The predicted molar refractivity (Wildman–Crippen MR) is 78.1 cm³/mol. The minimum Gasteiger partial charge on any atom is -0.398 e. The average molecular weight is 302 g/mol. The molecule has 1 aromatic rings. The Hall–Kier alpha value is -1.15. The Morgan fingerprint density at radius 2 is 2.00 bits per heavy atom. The molecule has 1 aromatic carbocycles. The molecule has 0 atom stereocenters. The van der Waals surface area contributed by atoms with E-state index in [2.05, 4.69) is 4.72 Å². The number of hydrogen-bond acceptors (Lipinski definition) is 5. The Labute approximate surface area is 120 Å². The Morgan fingerprint density at radius 1 is 1.25 bits per heavy atom. The molecular weight excluding hydrogens is 280 g/mol. The van der Waals surface area contributed by atoms with E-state index in [1.54, 1.807) is 19.2 Å². The van der Waals surface area contributed by atoms with E-state index in [1.807, 2.05) is 6.92 Å². The zero-order chi connectivity index (χ0) is 15.0. The van der Waals surface area contributed by atoms with Crippen molar-refractivity contribution in [1.29, 1.82) is 0 Å². The van der Waals surface area contributed by atoms with Gasteiger partial charge in [-0.15, -0.1) is 0 Å². The molecule has 0 bridgehead atoms. The standard InChI is InChI=1S/C13H22N2O4S/c1-11-4-5-13(12(14)10-11)20(16,17)15-6-3-7-19-9-8-18-2/h4-5,10,15H,3,6-9,14H2,1-2H3. The summed E-state index contributed by atoms with van der Waals surface area (Å²) < 4.78 is 36.7. The molecule has 0 saturated heterocycles. The monoisotopic (exact) mass is 302 g/mol. The van der Waals surface area contributed by atoms with Gasteiger partial charge in [-0.2, -0.15) is 0 Å². The number of ether oxygens (including phenoxy) is 2.